The molecular formula is C24H23N5OS. The van der Waals surface area contributed by atoms with Gasteiger partial charge in [0.25, 0.3) is 0 Å². The summed E-state index contributed by atoms with van der Waals surface area (Å²) in [4.78, 5) is 16.8. The molecule has 1 amide bonds. The first-order valence-corrected chi connectivity index (χ1v) is 11.1. The Morgan fingerprint density at radius 2 is 1.77 bits per heavy atom. The van der Waals surface area contributed by atoms with Crippen LogP contribution in [0.5, 0.6) is 0 Å². The van der Waals surface area contributed by atoms with E-state index < -0.39 is 0 Å². The van der Waals surface area contributed by atoms with Gasteiger partial charge in [-0.15, -0.1) is 10.2 Å². The molecule has 2 aromatic heterocycles. The van der Waals surface area contributed by atoms with Crippen LogP contribution in [0.2, 0.25) is 0 Å². The molecule has 1 N–H and O–H groups in total. The van der Waals surface area contributed by atoms with Crippen LogP contribution in [0.4, 0.5) is 5.69 Å². The maximum Gasteiger partial charge on any atom is 0.234 e. The van der Waals surface area contributed by atoms with Gasteiger partial charge >= 0.3 is 0 Å². The lowest BCUT2D eigenvalue weighted by atomic mass is 10.1. The summed E-state index contributed by atoms with van der Waals surface area (Å²) in [6, 6.07) is 19.8. The van der Waals surface area contributed by atoms with Crippen LogP contribution >= 0.6 is 11.8 Å². The van der Waals surface area contributed by atoms with Crippen LogP contribution in [0.25, 0.3) is 17.1 Å². The molecule has 4 rings (SSSR count). The summed E-state index contributed by atoms with van der Waals surface area (Å²) in [5.74, 6) is 0.879. The van der Waals surface area contributed by atoms with Crippen LogP contribution in [0.1, 0.15) is 18.1 Å². The average Bonchev–Trinajstić information content (AvgIpc) is 3.24. The summed E-state index contributed by atoms with van der Waals surface area (Å²) in [7, 11) is 0. The average molecular weight is 430 g/mol. The molecule has 0 saturated carbocycles. The molecule has 6 nitrogen and oxygen atoms in total. The predicted molar refractivity (Wildman–Crippen MR) is 125 cm³/mol. The van der Waals surface area contributed by atoms with E-state index in [1.807, 2.05) is 72.2 Å². The number of amides is 1. The van der Waals surface area contributed by atoms with Gasteiger partial charge in [0.15, 0.2) is 11.0 Å². The van der Waals surface area contributed by atoms with E-state index in [1.54, 1.807) is 12.4 Å². The Kier molecular flexibility index (Phi) is 6.43. The van der Waals surface area contributed by atoms with E-state index >= 15 is 0 Å². The minimum Gasteiger partial charge on any atom is -0.325 e. The standard InChI is InChI=1S/C24H23N5OS/c1-3-18-9-7-8-17(2)22(18)26-21(30)16-31-24-28-27-23(19-12-14-25-15-13-19)29(24)20-10-5-4-6-11-20/h4-15H,3,16H2,1-2H3,(H,26,30). The van der Waals surface area contributed by atoms with E-state index in [0.29, 0.717) is 11.0 Å². The molecule has 0 bridgehead atoms. The molecule has 0 atom stereocenters. The van der Waals surface area contributed by atoms with Crippen LogP contribution in [-0.2, 0) is 11.2 Å². The van der Waals surface area contributed by atoms with E-state index in [0.717, 1.165) is 34.5 Å². The highest BCUT2D eigenvalue weighted by molar-refractivity contribution is 7.99. The molecule has 0 saturated heterocycles. The van der Waals surface area contributed by atoms with Crippen LogP contribution in [-0.4, -0.2) is 31.4 Å². The second-order valence-electron chi connectivity index (χ2n) is 7.01. The molecular weight excluding hydrogens is 406 g/mol. The third-order valence-electron chi connectivity index (χ3n) is 4.92. The van der Waals surface area contributed by atoms with Crippen LogP contribution < -0.4 is 5.32 Å². The molecule has 0 aliphatic rings. The Balaban J connectivity index is 1.58. The lowest BCUT2D eigenvalue weighted by molar-refractivity contribution is -0.113. The van der Waals surface area contributed by atoms with Crippen molar-refractivity contribution in [3.8, 4) is 17.1 Å². The number of thioether (sulfide) groups is 1. The number of nitrogens with zero attached hydrogens (tertiary/aromatic N) is 4. The zero-order valence-corrected chi connectivity index (χ0v) is 18.3. The predicted octanol–water partition coefficient (Wildman–Crippen LogP) is 4.93. The molecule has 2 heterocycles. The minimum absolute atomic E-state index is 0.0675. The van der Waals surface area contributed by atoms with Crippen LogP contribution in [0.15, 0.2) is 78.2 Å². The maximum absolute atomic E-state index is 12.7. The number of rotatable bonds is 7. The summed E-state index contributed by atoms with van der Waals surface area (Å²) in [5.41, 5.74) is 4.94. The van der Waals surface area contributed by atoms with Crippen molar-refractivity contribution >= 4 is 23.4 Å². The number of hydrogen-bond acceptors (Lipinski definition) is 5. The molecule has 0 aliphatic heterocycles. The van der Waals surface area contributed by atoms with Crippen molar-refractivity contribution in [1.29, 1.82) is 0 Å². The Hall–Kier alpha value is -3.45. The van der Waals surface area contributed by atoms with E-state index in [2.05, 4.69) is 27.4 Å². The number of aromatic nitrogens is 4. The van der Waals surface area contributed by atoms with E-state index in [1.165, 1.54) is 11.8 Å². The second-order valence-corrected chi connectivity index (χ2v) is 7.95. The van der Waals surface area contributed by atoms with Gasteiger partial charge in [0.2, 0.25) is 5.91 Å². The van der Waals surface area contributed by atoms with Crippen molar-refractivity contribution in [2.45, 2.75) is 25.4 Å². The van der Waals surface area contributed by atoms with Gasteiger partial charge in [-0.25, -0.2) is 0 Å². The summed E-state index contributed by atoms with van der Waals surface area (Å²) in [6.45, 7) is 4.09. The molecule has 4 aromatic rings. The zero-order valence-electron chi connectivity index (χ0n) is 17.4. The van der Waals surface area contributed by atoms with Gasteiger partial charge in [0.1, 0.15) is 0 Å². The normalized spacial score (nSPS) is 10.8. The lowest BCUT2D eigenvalue weighted by Crippen LogP contribution is -2.16. The van der Waals surface area contributed by atoms with Gasteiger partial charge in [-0.05, 0) is 48.7 Å². The smallest absolute Gasteiger partial charge is 0.234 e. The first kappa shape index (κ1) is 20.8. The highest BCUT2D eigenvalue weighted by Crippen LogP contribution is 2.28. The van der Waals surface area contributed by atoms with Crippen molar-refractivity contribution in [2.24, 2.45) is 0 Å². The third-order valence-corrected chi connectivity index (χ3v) is 5.85. The Morgan fingerprint density at radius 1 is 1.00 bits per heavy atom. The molecule has 31 heavy (non-hydrogen) atoms. The summed E-state index contributed by atoms with van der Waals surface area (Å²) in [5, 5.41) is 12.5. The number of carbonyl (C=O) groups is 1. The SMILES string of the molecule is CCc1cccc(C)c1NC(=O)CSc1nnc(-c2ccncc2)n1-c1ccccc1. The Labute approximate surface area is 185 Å². The number of para-hydroxylation sites is 2. The summed E-state index contributed by atoms with van der Waals surface area (Å²) in [6.07, 6.45) is 4.32. The Bertz CT molecular complexity index is 1180. The van der Waals surface area contributed by atoms with Crippen LogP contribution in [0.3, 0.4) is 0 Å². The number of pyridine rings is 1. The largest absolute Gasteiger partial charge is 0.325 e. The molecule has 0 aliphatic carbocycles. The van der Waals surface area contributed by atoms with Gasteiger partial charge in [-0.2, -0.15) is 0 Å². The monoisotopic (exact) mass is 429 g/mol. The Morgan fingerprint density at radius 3 is 2.52 bits per heavy atom. The van der Waals surface area contributed by atoms with Gasteiger partial charge in [0, 0.05) is 29.3 Å². The lowest BCUT2D eigenvalue weighted by Gasteiger charge is -2.13. The highest BCUT2D eigenvalue weighted by atomic mass is 32.2. The molecule has 0 spiro atoms. The van der Waals surface area contributed by atoms with Crippen molar-refractivity contribution in [3.63, 3.8) is 0 Å². The highest BCUT2D eigenvalue weighted by Gasteiger charge is 2.17. The first-order valence-electron chi connectivity index (χ1n) is 10.1. The number of benzene rings is 2. The minimum atomic E-state index is -0.0675. The maximum atomic E-state index is 12.7. The zero-order chi connectivity index (χ0) is 21.6. The molecule has 156 valence electrons. The number of aryl methyl sites for hydroxylation is 2. The molecule has 7 heteroatoms. The van der Waals surface area contributed by atoms with Gasteiger partial charge in [-0.3, -0.25) is 14.3 Å². The van der Waals surface area contributed by atoms with E-state index in [4.69, 9.17) is 0 Å². The first-order chi connectivity index (χ1) is 15.2. The molecule has 0 fully saturated rings. The van der Waals surface area contributed by atoms with Crippen molar-refractivity contribution < 1.29 is 4.79 Å². The molecule has 0 unspecified atom stereocenters. The fourth-order valence-electron chi connectivity index (χ4n) is 3.37. The fraction of sp³-hybridized carbons (Fsp3) is 0.167. The molecule has 2 aromatic carbocycles. The van der Waals surface area contributed by atoms with Crippen molar-refractivity contribution in [1.82, 2.24) is 19.7 Å². The van der Waals surface area contributed by atoms with Gasteiger partial charge in [-0.1, -0.05) is 55.1 Å². The van der Waals surface area contributed by atoms with E-state index in [-0.39, 0.29) is 11.7 Å². The van der Waals surface area contributed by atoms with Crippen molar-refractivity contribution in [3.05, 3.63) is 84.2 Å². The third kappa shape index (κ3) is 4.67. The number of hydrogen-bond donors (Lipinski definition) is 1. The number of carbonyl (C=O) groups excluding carboxylic acids is 1. The number of anilines is 1. The van der Waals surface area contributed by atoms with Gasteiger partial charge < -0.3 is 5.32 Å². The van der Waals surface area contributed by atoms with Crippen molar-refractivity contribution in [2.75, 3.05) is 11.1 Å². The topological polar surface area (TPSA) is 72.7 Å². The van der Waals surface area contributed by atoms with Gasteiger partial charge in [0.05, 0.1) is 5.75 Å². The quantitative estimate of drug-likeness (QED) is 0.422. The second kappa shape index (κ2) is 9.57. The molecule has 0 radical (unpaired) electrons. The number of nitrogens with one attached hydrogen (secondary N) is 1. The summed E-state index contributed by atoms with van der Waals surface area (Å²) >= 11 is 1.37. The van der Waals surface area contributed by atoms with E-state index in [9.17, 15) is 4.79 Å². The fourth-order valence-corrected chi connectivity index (χ4v) is 4.12. The van der Waals surface area contributed by atoms with Crippen LogP contribution in [0, 0.1) is 6.92 Å². The summed E-state index contributed by atoms with van der Waals surface area (Å²) < 4.78 is 1.97.